The molecule has 1 N–H and O–H groups in total. The van der Waals surface area contributed by atoms with Crippen molar-refractivity contribution in [1.29, 1.82) is 0 Å². The van der Waals surface area contributed by atoms with Gasteiger partial charge in [-0.1, -0.05) is 6.07 Å². The summed E-state index contributed by atoms with van der Waals surface area (Å²) in [6.45, 7) is 5.84. The van der Waals surface area contributed by atoms with Gasteiger partial charge in [-0.25, -0.2) is 15.4 Å². The number of anilines is 1. The number of aromatic nitrogens is 2. The number of hydrogen-bond acceptors (Lipinski definition) is 5. The maximum Gasteiger partial charge on any atom is 0.243 e. The number of nitrogens with one attached hydrogen (secondary N) is 1. The van der Waals surface area contributed by atoms with Gasteiger partial charge >= 0.3 is 0 Å². The zero-order valence-electron chi connectivity index (χ0n) is 10.1. The van der Waals surface area contributed by atoms with Crippen LogP contribution >= 0.6 is 11.3 Å². The molecule has 0 aromatic carbocycles. The van der Waals surface area contributed by atoms with Gasteiger partial charge in [0.25, 0.3) is 0 Å². The number of thiophene rings is 1. The van der Waals surface area contributed by atoms with E-state index in [4.69, 9.17) is 0 Å². The lowest BCUT2D eigenvalue weighted by molar-refractivity contribution is 1.03. The monoisotopic (exact) mass is 246 g/mol. The van der Waals surface area contributed by atoms with Crippen LogP contribution in [0.3, 0.4) is 0 Å². The van der Waals surface area contributed by atoms with Gasteiger partial charge in [-0.2, -0.15) is 5.10 Å². The molecule has 2 rings (SSSR count). The minimum Gasteiger partial charge on any atom is -0.245 e. The summed E-state index contributed by atoms with van der Waals surface area (Å²) in [5.41, 5.74) is 5.69. The first-order valence-electron chi connectivity index (χ1n) is 5.31. The van der Waals surface area contributed by atoms with Crippen molar-refractivity contribution in [2.75, 3.05) is 5.43 Å². The molecule has 2 aromatic heterocycles. The molecule has 0 unspecified atom stereocenters. The van der Waals surface area contributed by atoms with Gasteiger partial charge in [0.05, 0.1) is 5.71 Å². The molecule has 88 valence electrons. The summed E-state index contributed by atoms with van der Waals surface area (Å²) < 4.78 is 0. The molecule has 4 nitrogen and oxygen atoms in total. The topological polar surface area (TPSA) is 50.2 Å². The van der Waals surface area contributed by atoms with Crippen molar-refractivity contribution in [2.24, 2.45) is 5.10 Å². The summed E-state index contributed by atoms with van der Waals surface area (Å²) in [6.07, 6.45) is 0. The second kappa shape index (κ2) is 5.05. The summed E-state index contributed by atoms with van der Waals surface area (Å²) in [6, 6.07) is 5.97. The Bertz CT molecular complexity index is 511. The van der Waals surface area contributed by atoms with Gasteiger partial charge in [0.2, 0.25) is 5.95 Å². The molecule has 2 aromatic rings. The van der Waals surface area contributed by atoms with E-state index in [9.17, 15) is 0 Å². The van der Waals surface area contributed by atoms with Gasteiger partial charge in [-0.05, 0) is 38.3 Å². The fraction of sp³-hybridized carbons (Fsp3) is 0.250. The molecule has 0 amide bonds. The summed E-state index contributed by atoms with van der Waals surface area (Å²) in [7, 11) is 0. The van der Waals surface area contributed by atoms with Crippen molar-refractivity contribution in [3.63, 3.8) is 0 Å². The lowest BCUT2D eigenvalue weighted by atomic mass is 10.3. The normalized spacial score (nSPS) is 11.6. The van der Waals surface area contributed by atoms with Crippen molar-refractivity contribution >= 4 is 23.0 Å². The zero-order valence-corrected chi connectivity index (χ0v) is 10.9. The van der Waals surface area contributed by atoms with E-state index in [0.717, 1.165) is 22.0 Å². The molecular weight excluding hydrogens is 232 g/mol. The van der Waals surface area contributed by atoms with Crippen molar-refractivity contribution in [3.05, 3.63) is 39.8 Å². The second-order valence-corrected chi connectivity index (χ2v) is 4.71. The van der Waals surface area contributed by atoms with Crippen LogP contribution in [0.1, 0.15) is 23.2 Å². The average molecular weight is 246 g/mol. The fourth-order valence-electron chi connectivity index (χ4n) is 1.45. The number of hydrogen-bond donors (Lipinski definition) is 1. The lowest BCUT2D eigenvalue weighted by Crippen LogP contribution is -2.02. The average Bonchev–Trinajstić information content (AvgIpc) is 2.78. The van der Waals surface area contributed by atoms with Gasteiger partial charge in [-0.3, -0.25) is 0 Å². The highest BCUT2D eigenvalue weighted by Crippen LogP contribution is 2.10. The maximum absolute atomic E-state index is 4.27. The van der Waals surface area contributed by atoms with Crippen LogP contribution in [-0.4, -0.2) is 15.7 Å². The standard InChI is InChI=1S/C12H14N4S/c1-8-7-9(2)14-12(13-8)16-15-10(3)11-5-4-6-17-11/h4-7H,1-3H3,(H,13,14,16)/b15-10-. The Morgan fingerprint density at radius 2 is 2.00 bits per heavy atom. The molecule has 0 saturated heterocycles. The summed E-state index contributed by atoms with van der Waals surface area (Å²) in [5.74, 6) is 0.540. The van der Waals surface area contributed by atoms with E-state index in [1.807, 2.05) is 44.4 Å². The first kappa shape index (κ1) is 11.7. The Morgan fingerprint density at radius 3 is 2.59 bits per heavy atom. The quantitative estimate of drug-likeness (QED) is 0.669. The first-order chi connectivity index (χ1) is 8.15. The highest BCUT2D eigenvalue weighted by atomic mass is 32.1. The van der Waals surface area contributed by atoms with Crippen LogP contribution < -0.4 is 5.43 Å². The first-order valence-corrected chi connectivity index (χ1v) is 6.19. The van der Waals surface area contributed by atoms with Crippen LogP contribution in [0.4, 0.5) is 5.95 Å². The van der Waals surface area contributed by atoms with Crippen molar-refractivity contribution < 1.29 is 0 Å². The summed E-state index contributed by atoms with van der Waals surface area (Å²) in [4.78, 5) is 9.66. The molecule has 2 heterocycles. The summed E-state index contributed by atoms with van der Waals surface area (Å²) in [5, 5.41) is 6.30. The molecule has 0 atom stereocenters. The van der Waals surface area contributed by atoms with Gasteiger partial charge < -0.3 is 0 Å². The smallest absolute Gasteiger partial charge is 0.243 e. The lowest BCUT2D eigenvalue weighted by Gasteiger charge is -2.02. The van der Waals surface area contributed by atoms with E-state index in [1.54, 1.807) is 11.3 Å². The largest absolute Gasteiger partial charge is 0.245 e. The van der Waals surface area contributed by atoms with Crippen LogP contribution in [0, 0.1) is 13.8 Å². The molecule has 5 heteroatoms. The second-order valence-electron chi connectivity index (χ2n) is 3.76. The van der Waals surface area contributed by atoms with E-state index in [1.165, 1.54) is 0 Å². The molecule has 0 aliphatic heterocycles. The van der Waals surface area contributed by atoms with E-state index < -0.39 is 0 Å². The van der Waals surface area contributed by atoms with E-state index >= 15 is 0 Å². The molecule has 0 fully saturated rings. The molecule has 0 aliphatic rings. The molecule has 0 spiro atoms. The van der Waals surface area contributed by atoms with Gasteiger partial charge in [0, 0.05) is 16.3 Å². The minimum atomic E-state index is 0.540. The number of nitrogens with zero attached hydrogens (tertiary/aromatic N) is 3. The Balaban J connectivity index is 2.14. The van der Waals surface area contributed by atoms with E-state index in [0.29, 0.717) is 5.95 Å². The van der Waals surface area contributed by atoms with Crippen molar-refractivity contribution in [1.82, 2.24) is 9.97 Å². The Labute approximate surface area is 104 Å². The third-order valence-electron chi connectivity index (χ3n) is 2.18. The predicted octanol–water partition coefficient (Wildman–Crippen LogP) is 2.99. The zero-order chi connectivity index (χ0) is 12.3. The van der Waals surface area contributed by atoms with Gasteiger partial charge in [0.15, 0.2) is 0 Å². The Hall–Kier alpha value is -1.75. The summed E-state index contributed by atoms with van der Waals surface area (Å²) >= 11 is 1.66. The van der Waals surface area contributed by atoms with Gasteiger partial charge in [-0.15, -0.1) is 11.3 Å². The molecule has 17 heavy (non-hydrogen) atoms. The van der Waals surface area contributed by atoms with Crippen molar-refractivity contribution in [2.45, 2.75) is 20.8 Å². The molecule has 0 bridgehead atoms. The molecule has 0 saturated carbocycles. The van der Waals surface area contributed by atoms with Crippen LogP contribution in [0.15, 0.2) is 28.7 Å². The fourth-order valence-corrected chi connectivity index (χ4v) is 2.13. The third-order valence-corrected chi connectivity index (χ3v) is 3.16. The third kappa shape index (κ3) is 3.10. The molecule has 0 radical (unpaired) electrons. The molecule has 0 aliphatic carbocycles. The SMILES string of the molecule is C/C(=N/Nc1nc(C)cc(C)n1)c1cccs1. The van der Waals surface area contributed by atoms with Gasteiger partial charge in [0.1, 0.15) is 0 Å². The van der Waals surface area contributed by atoms with Crippen LogP contribution in [0.5, 0.6) is 0 Å². The predicted molar refractivity (Wildman–Crippen MR) is 71.7 cm³/mol. The number of rotatable bonds is 3. The van der Waals surface area contributed by atoms with Crippen LogP contribution in [0.2, 0.25) is 0 Å². The Morgan fingerprint density at radius 1 is 1.29 bits per heavy atom. The highest BCUT2D eigenvalue weighted by Gasteiger charge is 2.00. The number of hydrazone groups is 1. The van der Waals surface area contributed by atoms with Crippen molar-refractivity contribution in [3.8, 4) is 0 Å². The van der Waals surface area contributed by atoms with E-state index in [2.05, 4.69) is 20.5 Å². The highest BCUT2D eigenvalue weighted by molar-refractivity contribution is 7.12. The van der Waals surface area contributed by atoms with Crippen LogP contribution in [-0.2, 0) is 0 Å². The number of aryl methyl sites for hydroxylation is 2. The Kier molecular flexibility index (Phi) is 3.49. The maximum atomic E-state index is 4.27. The van der Waals surface area contributed by atoms with E-state index in [-0.39, 0.29) is 0 Å². The molecular formula is C12H14N4S. The minimum absolute atomic E-state index is 0.540. The van der Waals surface area contributed by atoms with Crippen LogP contribution in [0.25, 0.3) is 0 Å².